The summed E-state index contributed by atoms with van der Waals surface area (Å²) in [5, 5.41) is 7.92. The standard InChI is InChI=1S/C7H11FO2.C4H3FO.C4H4O.C4H6O.C4H6.C3H3F/c1-2-4-9-6-7-10-5-3-8;1-2-4(6)3-5;1-3-4(2)5;1-2-3-4-5;1-3-4-2;1-2-3-4/h1H,3-7H2;1H,3H2;1H,2H3;1,5H,3-4H2;1H,4H2,2H3;1H,3H2/i8-1;5-1;4-1;3-1;;4-1. The third-order valence-corrected chi connectivity index (χ3v) is 1.80. The lowest BCUT2D eigenvalue weighted by Gasteiger charge is -1.99. The van der Waals surface area contributed by atoms with Crippen LogP contribution < -0.4 is 0 Å². The zero-order chi connectivity index (χ0) is 27.9. The second-order valence-corrected chi connectivity index (χ2v) is 4.53. The molecule has 0 aliphatic heterocycles. The number of aliphatic hydroxyl groups is 1. The Kier molecular flexibility index (Phi) is 73.9. The number of ether oxygens (including phenoxy) is 2. The third kappa shape index (κ3) is 119. The monoisotopic (exact) mass is 477 g/mol. The Morgan fingerprint density at radius 2 is 1.29 bits per heavy atom. The molecular weight excluding hydrogens is 444 g/mol. The number of hydrogen-bond acceptors (Lipinski definition) is 5. The van der Waals surface area contributed by atoms with E-state index in [-0.39, 0.29) is 19.0 Å². The molecule has 34 heavy (non-hydrogen) atoms. The van der Waals surface area contributed by atoms with Gasteiger partial charge in [0.05, 0.1) is 26.4 Å². The molecule has 0 unspecified atom stereocenters. The first-order valence-electron chi connectivity index (χ1n) is 9.39. The van der Waals surface area contributed by atoms with E-state index in [1.165, 1.54) is 6.92 Å². The maximum Gasteiger partial charge on any atom is 0.236 e. The summed E-state index contributed by atoms with van der Waals surface area (Å²) in [6.07, 6.45) is 29.1. The fourth-order valence-corrected chi connectivity index (χ4v) is 0.509. The van der Waals surface area contributed by atoms with Gasteiger partial charge in [-0.2, -0.15) is 0 Å². The van der Waals surface area contributed by atoms with Crippen molar-refractivity contribution in [2.75, 3.05) is 53.1 Å². The summed E-state index contributed by atoms with van der Waals surface area (Å²) in [7, 11) is 0. The smallest absolute Gasteiger partial charge is 0.236 e. The van der Waals surface area contributed by atoms with E-state index in [9.17, 15) is 22.8 Å². The van der Waals surface area contributed by atoms with E-state index in [0.29, 0.717) is 26.2 Å². The van der Waals surface area contributed by atoms with E-state index in [0.717, 1.165) is 6.42 Å². The molecule has 1 N–H and O–H groups in total. The highest BCUT2D eigenvalue weighted by atomic mass is 18.2. The largest absolute Gasteiger partial charge is 0.395 e. The van der Waals surface area contributed by atoms with E-state index in [2.05, 4.69) is 37.0 Å². The van der Waals surface area contributed by atoms with Crippen LogP contribution in [0.5, 0.6) is 0 Å². The molecule has 0 spiro atoms. The number of hydrogen-bond donors (Lipinski definition) is 1. The number of halogens is 3. The molecule has 0 saturated heterocycles. The van der Waals surface area contributed by atoms with Gasteiger partial charge in [0.15, 0.2) is 6.67 Å². The highest BCUT2D eigenvalue weighted by molar-refractivity contribution is 5.95. The van der Waals surface area contributed by atoms with Crippen LogP contribution in [0.4, 0.5) is 13.2 Å². The van der Waals surface area contributed by atoms with Crippen LogP contribution in [0, 0.1) is 74.1 Å². The SMILES string of the molecule is C#CC(=O)C[18F].C#CCC.C#CCOCCOCC[18F].C#CC[18F].C#C[11CH2]CO.C#C[11C](C)=O. The molecule has 0 aromatic rings. The van der Waals surface area contributed by atoms with Gasteiger partial charge in [-0.15, -0.1) is 50.4 Å². The average Bonchev–Trinajstić information content (AvgIpc) is 2.87. The molecule has 188 valence electrons. The zero-order valence-corrected chi connectivity index (χ0v) is 19.7. The van der Waals surface area contributed by atoms with Crippen molar-refractivity contribution in [2.24, 2.45) is 0 Å². The number of ketones is 2. The van der Waals surface area contributed by atoms with Crippen molar-refractivity contribution in [1.29, 1.82) is 0 Å². The Bertz CT molecular complexity index is 664. The molecule has 0 bridgehead atoms. The van der Waals surface area contributed by atoms with Crippen molar-refractivity contribution in [3.05, 3.63) is 0 Å². The van der Waals surface area contributed by atoms with Crippen LogP contribution in [0.1, 0.15) is 26.7 Å². The summed E-state index contributed by atoms with van der Waals surface area (Å²) < 4.78 is 42.4. The number of carbonyl (C=O) groups excluding carboxylic acids is 2. The van der Waals surface area contributed by atoms with Gasteiger partial charge in [0.25, 0.3) is 0 Å². The van der Waals surface area contributed by atoms with Gasteiger partial charge in [0.1, 0.15) is 20.0 Å². The second-order valence-electron chi connectivity index (χ2n) is 4.53. The van der Waals surface area contributed by atoms with Crippen LogP contribution >= 0.6 is 0 Å². The van der Waals surface area contributed by atoms with Crippen molar-refractivity contribution < 1.29 is 37.3 Å². The molecule has 0 aliphatic carbocycles. The van der Waals surface area contributed by atoms with Gasteiger partial charge in [-0.3, -0.25) is 9.59 Å². The molecule has 0 radical (unpaired) electrons. The van der Waals surface area contributed by atoms with Crippen LogP contribution in [0.15, 0.2) is 0 Å². The van der Waals surface area contributed by atoms with E-state index in [1.54, 1.807) is 11.8 Å². The fraction of sp³-hybridized carbons (Fsp3) is 0.462. The van der Waals surface area contributed by atoms with E-state index in [4.69, 9.17) is 33.9 Å². The normalized spacial score (nSPS) is 6.82. The number of aliphatic hydroxyl groups excluding tert-OH is 1. The first-order chi connectivity index (χ1) is 16.2. The molecule has 8 heteroatoms. The Hall–Kier alpha value is -3.63. The van der Waals surface area contributed by atoms with Crippen LogP contribution in [0.2, 0.25) is 0 Å². The Labute approximate surface area is 203 Å². The first-order valence-corrected chi connectivity index (χ1v) is 9.39. The summed E-state index contributed by atoms with van der Waals surface area (Å²) in [4.78, 5) is 19.1. The van der Waals surface area contributed by atoms with Crippen molar-refractivity contribution in [3.63, 3.8) is 0 Å². The van der Waals surface area contributed by atoms with Gasteiger partial charge >= 0.3 is 0 Å². The van der Waals surface area contributed by atoms with E-state index < -0.39 is 25.8 Å². The molecule has 0 aliphatic rings. The molecular formula is C26H33F3O5. The van der Waals surface area contributed by atoms with Gasteiger partial charge < -0.3 is 14.6 Å². The van der Waals surface area contributed by atoms with Crippen LogP contribution in [0.25, 0.3) is 0 Å². The highest BCUT2D eigenvalue weighted by Gasteiger charge is 1.87. The molecule has 0 aromatic heterocycles. The van der Waals surface area contributed by atoms with Crippen LogP contribution in [-0.2, 0) is 19.1 Å². The summed E-state index contributed by atoms with van der Waals surface area (Å²) in [6, 6.07) is 0. The molecule has 0 amide bonds. The Morgan fingerprint density at radius 3 is 1.47 bits per heavy atom. The number of alkyl halides is 3. The number of rotatable bonds is 8. The van der Waals surface area contributed by atoms with Gasteiger partial charge in [-0.25, -0.2) is 13.2 Å². The number of Topliss-reactive ketones (excluding diaryl/α,β-unsaturated/α-hetero) is 2. The summed E-state index contributed by atoms with van der Waals surface area (Å²) in [5.41, 5.74) is 0. The van der Waals surface area contributed by atoms with Crippen molar-refractivity contribution >= 4 is 11.6 Å². The molecule has 0 fully saturated rings. The predicted molar refractivity (Wildman–Crippen MR) is 130 cm³/mol. The molecule has 0 rings (SSSR count). The predicted octanol–water partition coefficient (Wildman–Crippen LogP) is 2.61. The maximum atomic E-state index is 11.4. The third-order valence-electron chi connectivity index (χ3n) is 1.80. The van der Waals surface area contributed by atoms with Crippen LogP contribution in [-0.4, -0.2) is 69.7 Å². The summed E-state index contributed by atoms with van der Waals surface area (Å²) in [6.45, 7) is 2.52. The Balaban J connectivity index is -0.0000000721. The van der Waals surface area contributed by atoms with Crippen LogP contribution in [0.3, 0.4) is 0 Å². The minimum Gasteiger partial charge on any atom is -0.395 e. The first kappa shape index (κ1) is 44.1. The highest BCUT2D eigenvalue weighted by Crippen LogP contribution is 1.78. The molecule has 0 aromatic carbocycles. The molecule has 0 heterocycles. The van der Waals surface area contributed by atoms with Gasteiger partial charge in [-0.1, -0.05) is 18.8 Å². The van der Waals surface area contributed by atoms with Crippen molar-refractivity contribution in [3.8, 4) is 74.1 Å². The quantitative estimate of drug-likeness (QED) is 0.331. The lowest BCUT2D eigenvalue weighted by atomic mass is 9.93. The lowest BCUT2D eigenvalue weighted by Crippen LogP contribution is -2.05. The summed E-state index contributed by atoms with van der Waals surface area (Å²) >= 11 is 0. The van der Waals surface area contributed by atoms with Crippen molar-refractivity contribution in [1.82, 2.24) is 0 Å². The maximum absolute atomic E-state index is 11.4. The summed E-state index contributed by atoms with van der Waals surface area (Å²) in [5.74, 6) is 11.2. The Morgan fingerprint density at radius 1 is 0.824 bits per heavy atom. The minimum absolute atomic E-state index is 0.108. The van der Waals surface area contributed by atoms with E-state index in [1.807, 2.05) is 12.8 Å². The molecule has 0 saturated carbocycles. The van der Waals surface area contributed by atoms with Gasteiger partial charge in [0.2, 0.25) is 11.6 Å². The minimum atomic E-state index is -1.05. The topological polar surface area (TPSA) is 72.8 Å². The fourth-order valence-electron chi connectivity index (χ4n) is 0.509. The average molecular weight is 478 g/mol. The zero-order valence-electron chi connectivity index (χ0n) is 19.7. The number of carbonyl (C=O) groups is 2. The number of terminal acetylenes is 6. The van der Waals surface area contributed by atoms with Gasteiger partial charge in [-0.05, 0) is 11.8 Å². The molecule has 5 nitrogen and oxygen atoms in total. The second kappa shape index (κ2) is 57.0. The lowest BCUT2D eigenvalue weighted by molar-refractivity contribution is -0.114. The van der Waals surface area contributed by atoms with Crippen molar-refractivity contribution in [2.45, 2.75) is 26.7 Å². The van der Waals surface area contributed by atoms with E-state index >= 15 is 0 Å². The van der Waals surface area contributed by atoms with Gasteiger partial charge in [0, 0.05) is 19.8 Å². The molecule has 0 atom stereocenters.